The van der Waals surface area contributed by atoms with E-state index in [-0.39, 0.29) is 0 Å². The SMILES string of the molecule is CCCCc1ccc(N)cc1C#N. The average molecular weight is 174 g/mol. The van der Waals surface area contributed by atoms with Crippen LogP contribution in [0.1, 0.15) is 30.9 Å². The Bertz CT molecular complexity index is 323. The summed E-state index contributed by atoms with van der Waals surface area (Å²) < 4.78 is 0. The van der Waals surface area contributed by atoms with Crippen LogP contribution in [0.25, 0.3) is 0 Å². The van der Waals surface area contributed by atoms with E-state index in [9.17, 15) is 0 Å². The summed E-state index contributed by atoms with van der Waals surface area (Å²) in [5.74, 6) is 0. The molecule has 1 aromatic rings. The lowest BCUT2D eigenvalue weighted by molar-refractivity contribution is 0.794. The van der Waals surface area contributed by atoms with Crippen LogP contribution in [0.2, 0.25) is 0 Å². The molecule has 0 aliphatic rings. The topological polar surface area (TPSA) is 49.8 Å². The molecule has 1 aromatic carbocycles. The fourth-order valence-corrected chi connectivity index (χ4v) is 1.28. The molecule has 0 amide bonds. The van der Waals surface area contributed by atoms with Crippen LogP contribution in [-0.2, 0) is 6.42 Å². The second-order valence-electron chi connectivity index (χ2n) is 3.13. The Morgan fingerprint density at radius 1 is 1.46 bits per heavy atom. The van der Waals surface area contributed by atoms with Crippen molar-refractivity contribution in [2.75, 3.05) is 5.73 Å². The number of anilines is 1. The van der Waals surface area contributed by atoms with Gasteiger partial charge >= 0.3 is 0 Å². The standard InChI is InChI=1S/C11H14N2/c1-2-3-4-9-5-6-11(13)7-10(9)8-12/h5-7H,2-4,13H2,1H3. The lowest BCUT2D eigenvalue weighted by Gasteiger charge is -2.03. The molecule has 0 radical (unpaired) electrons. The maximum atomic E-state index is 8.84. The van der Waals surface area contributed by atoms with Crippen LogP contribution in [0, 0.1) is 11.3 Å². The summed E-state index contributed by atoms with van der Waals surface area (Å²) in [5, 5.41) is 8.84. The minimum Gasteiger partial charge on any atom is -0.399 e. The van der Waals surface area contributed by atoms with Crippen molar-refractivity contribution in [2.24, 2.45) is 0 Å². The van der Waals surface area contributed by atoms with Gasteiger partial charge in [0.05, 0.1) is 11.6 Å². The van der Waals surface area contributed by atoms with E-state index in [2.05, 4.69) is 13.0 Å². The number of hydrogen-bond acceptors (Lipinski definition) is 2. The highest BCUT2D eigenvalue weighted by Crippen LogP contribution is 2.14. The van der Waals surface area contributed by atoms with Gasteiger partial charge in [-0.3, -0.25) is 0 Å². The lowest BCUT2D eigenvalue weighted by atomic mass is 10.0. The predicted octanol–water partition coefficient (Wildman–Crippen LogP) is 2.48. The zero-order chi connectivity index (χ0) is 9.68. The van der Waals surface area contributed by atoms with Gasteiger partial charge in [0.25, 0.3) is 0 Å². The van der Waals surface area contributed by atoms with Gasteiger partial charge in [0.1, 0.15) is 0 Å². The third kappa shape index (κ3) is 2.48. The molecular weight excluding hydrogens is 160 g/mol. The number of nitriles is 1. The van der Waals surface area contributed by atoms with Crippen LogP contribution in [0.5, 0.6) is 0 Å². The minimum absolute atomic E-state index is 0.664. The monoisotopic (exact) mass is 174 g/mol. The van der Waals surface area contributed by atoms with Crippen molar-refractivity contribution in [3.05, 3.63) is 29.3 Å². The van der Waals surface area contributed by atoms with Crippen LogP contribution < -0.4 is 5.73 Å². The molecule has 2 nitrogen and oxygen atoms in total. The number of rotatable bonds is 3. The molecule has 0 aromatic heterocycles. The number of nitrogens with zero attached hydrogens (tertiary/aromatic N) is 1. The lowest BCUT2D eigenvalue weighted by Crippen LogP contribution is -1.93. The van der Waals surface area contributed by atoms with Crippen molar-refractivity contribution >= 4 is 5.69 Å². The number of benzene rings is 1. The molecule has 2 heteroatoms. The zero-order valence-corrected chi connectivity index (χ0v) is 7.88. The van der Waals surface area contributed by atoms with Gasteiger partial charge < -0.3 is 5.73 Å². The van der Waals surface area contributed by atoms with Crippen LogP contribution in [0.15, 0.2) is 18.2 Å². The maximum absolute atomic E-state index is 8.84. The molecule has 0 saturated carbocycles. The Morgan fingerprint density at radius 2 is 2.23 bits per heavy atom. The first-order chi connectivity index (χ1) is 6.27. The number of hydrogen-bond donors (Lipinski definition) is 1. The number of nitrogens with two attached hydrogens (primary N) is 1. The summed E-state index contributed by atoms with van der Waals surface area (Å²) >= 11 is 0. The molecule has 1 rings (SSSR count). The number of nitrogen functional groups attached to an aromatic ring is 1. The van der Waals surface area contributed by atoms with E-state index in [4.69, 9.17) is 11.0 Å². The van der Waals surface area contributed by atoms with Gasteiger partial charge in [-0.05, 0) is 30.5 Å². The Kier molecular flexibility index (Phi) is 3.33. The summed E-state index contributed by atoms with van der Waals surface area (Å²) in [6, 6.07) is 7.71. The Morgan fingerprint density at radius 3 is 2.85 bits per heavy atom. The van der Waals surface area contributed by atoms with E-state index in [1.54, 1.807) is 6.07 Å². The van der Waals surface area contributed by atoms with Crippen molar-refractivity contribution in [1.82, 2.24) is 0 Å². The van der Waals surface area contributed by atoms with Crippen molar-refractivity contribution in [3.8, 4) is 6.07 Å². The first-order valence-electron chi connectivity index (χ1n) is 4.56. The fraction of sp³-hybridized carbons (Fsp3) is 0.364. The molecule has 13 heavy (non-hydrogen) atoms. The quantitative estimate of drug-likeness (QED) is 0.716. The largest absolute Gasteiger partial charge is 0.399 e. The van der Waals surface area contributed by atoms with Gasteiger partial charge in [-0.2, -0.15) is 5.26 Å². The fourth-order valence-electron chi connectivity index (χ4n) is 1.28. The molecule has 0 unspecified atom stereocenters. The van der Waals surface area contributed by atoms with Crippen LogP contribution >= 0.6 is 0 Å². The van der Waals surface area contributed by atoms with Crippen LogP contribution in [0.4, 0.5) is 5.69 Å². The third-order valence-electron chi connectivity index (χ3n) is 2.05. The average Bonchev–Trinajstić information content (AvgIpc) is 2.16. The zero-order valence-electron chi connectivity index (χ0n) is 7.88. The summed E-state index contributed by atoms with van der Waals surface area (Å²) in [5.41, 5.74) is 8.07. The predicted molar refractivity (Wildman–Crippen MR) is 54.2 cm³/mol. The van der Waals surface area contributed by atoms with E-state index in [1.165, 1.54) is 0 Å². The van der Waals surface area contributed by atoms with E-state index in [0.717, 1.165) is 24.8 Å². The maximum Gasteiger partial charge on any atom is 0.0995 e. The molecule has 0 atom stereocenters. The summed E-state index contributed by atoms with van der Waals surface area (Å²) in [6.45, 7) is 2.14. The highest BCUT2D eigenvalue weighted by molar-refractivity contribution is 5.49. The Balaban J connectivity index is 2.88. The van der Waals surface area contributed by atoms with Gasteiger partial charge in [-0.25, -0.2) is 0 Å². The van der Waals surface area contributed by atoms with Crippen molar-refractivity contribution in [3.63, 3.8) is 0 Å². The van der Waals surface area contributed by atoms with Gasteiger partial charge in [-0.1, -0.05) is 19.4 Å². The molecule has 2 N–H and O–H groups in total. The smallest absolute Gasteiger partial charge is 0.0995 e. The number of unbranched alkanes of at least 4 members (excludes halogenated alkanes) is 1. The highest BCUT2D eigenvalue weighted by atomic mass is 14.5. The first kappa shape index (κ1) is 9.60. The highest BCUT2D eigenvalue weighted by Gasteiger charge is 2.00. The first-order valence-corrected chi connectivity index (χ1v) is 4.56. The molecular formula is C11H14N2. The molecule has 0 fully saturated rings. The van der Waals surface area contributed by atoms with E-state index < -0.39 is 0 Å². The Hall–Kier alpha value is -1.49. The van der Waals surface area contributed by atoms with E-state index in [0.29, 0.717) is 11.3 Å². The van der Waals surface area contributed by atoms with Crippen molar-refractivity contribution < 1.29 is 0 Å². The van der Waals surface area contributed by atoms with Crippen molar-refractivity contribution in [2.45, 2.75) is 26.2 Å². The molecule has 0 spiro atoms. The van der Waals surface area contributed by atoms with Gasteiger partial charge in [0, 0.05) is 5.69 Å². The molecule has 0 bridgehead atoms. The van der Waals surface area contributed by atoms with Crippen molar-refractivity contribution in [1.29, 1.82) is 5.26 Å². The minimum atomic E-state index is 0.664. The van der Waals surface area contributed by atoms with Crippen LogP contribution in [-0.4, -0.2) is 0 Å². The molecule has 0 aliphatic heterocycles. The van der Waals surface area contributed by atoms with Gasteiger partial charge in [0.15, 0.2) is 0 Å². The van der Waals surface area contributed by atoms with Gasteiger partial charge in [-0.15, -0.1) is 0 Å². The molecule has 0 saturated heterocycles. The number of aryl methyl sites for hydroxylation is 1. The van der Waals surface area contributed by atoms with E-state index in [1.807, 2.05) is 12.1 Å². The summed E-state index contributed by atoms with van der Waals surface area (Å²) in [4.78, 5) is 0. The summed E-state index contributed by atoms with van der Waals surface area (Å²) in [7, 11) is 0. The second kappa shape index (κ2) is 4.51. The molecule has 68 valence electrons. The third-order valence-corrected chi connectivity index (χ3v) is 2.05. The summed E-state index contributed by atoms with van der Waals surface area (Å²) in [6.07, 6.45) is 3.24. The van der Waals surface area contributed by atoms with Gasteiger partial charge in [0.2, 0.25) is 0 Å². The van der Waals surface area contributed by atoms with Crippen LogP contribution in [0.3, 0.4) is 0 Å². The van der Waals surface area contributed by atoms with E-state index >= 15 is 0 Å². The normalized spacial score (nSPS) is 9.54. The molecule has 0 heterocycles. The second-order valence-corrected chi connectivity index (χ2v) is 3.13. The molecule has 0 aliphatic carbocycles. The Labute approximate surface area is 79.0 Å².